The van der Waals surface area contributed by atoms with Crippen LogP contribution >= 0.6 is 11.3 Å². The zero-order valence-electron chi connectivity index (χ0n) is 14.0. The van der Waals surface area contributed by atoms with Gasteiger partial charge < -0.3 is 10.6 Å². The molecule has 0 radical (unpaired) electrons. The molecule has 130 valence electrons. The lowest BCUT2D eigenvalue weighted by molar-refractivity contribution is 0.101. The number of Topliss-reactive ketones (excluding diaryl/α,β-unsaturated/α-hetero) is 1. The van der Waals surface area contributed by atoms with Crippen molar-refractivity contribution in [1.29, 1.82) is 0 Å². The smallest absolute Gasteiger partial charge is 0.265 e. The summed E-state index contributed by atoms with van der Waals surface area (Å²) in [6.45, 7) is 1.49. The first-order valence-electron chi connectivity index (χ1n) is 7.91. The van der Waals surface area contributed by atoms with E-state index in [1.54, 1.807) is 60.7 Å². The molecule has 3 rings (SSSR count). The number of amides is 2. The number of rotatable bonds is 5. The van der Waals surface area contributed by atoms with E-state index in [1.807, 2.05) is 5.38 Å². The molecule has 0 fully saturated rings. The lowest BCUT2D eigenvalue weighted by Crippen LogP contribution is -2.17. The van der Waals surface area contributed by atoms with Gasteiger partial charge in [-0.15, -0.1) is 11.3 Å². The van der Waals surface area contributed by atoms with Gasteiger partial charge in [-0.2, -0.15) is 0 Å². The Morgan fingerprint density at radius 2 is 1.54 bits per heavy atom. The van der Waals surface area contributed by atoms with E-state index in [0.29, 0.717) is 27.4 Å². The van der Waals surface area contributed by atoms with Gasteiger partial charge in [-0.25, -0.2) is 0 Å². The van der Waals surface area contributed by atoms with Gasteiger partial charge >= 0.3 is 0 Å². The summed E-state index contributed by atoms with van der Waals surface area (Å²) in [6.07, 6.45) is 0. The maximum atomic E-state index is 12.6. The number of carbonyl (C=O) groups excluding carboxylic acids is 3. The fourth-order valence-electron chi connectivity index (χ4n) is 2.37. The first kappa shape index (κ1) is 17.6. The van der Waals surface area contributed by atoms with E-state index in [2.05, 4.69) is 10.6 Å². The van der Waals surface area contributed by atoms with Gasteiger partial charge in [-0.3, -0.25) is 14.4 Å². The second-order valence-electron chi connectivity index (χ2n) is 5.56. The van der Waals surface area contributed by atoms with Crippen molar-refractivity contribution in [1.82, 2.24) is 0 Å². The van der Waals surface area contributed by atoms with Crippen LogP contribution < -0.4 is 10.6 Å². The van der Waals surface area contributed by atoms with Crippen LogP contribution in [0.25, 0.3) is 0 Å². The van der Waals surface area contributed by atoms with Crippen LogP contribution in [0.3, 0.4) is 0 Å². The first-order chi connectivity index (χ1) is 12.5. The molecule has 1 heterocycles. The maximum absolute atomic E-state index is 12.6. The number of nitrogens with one attached hydrogen (secondary N) is 2. The highest BCUT2D eigenvalue weighted by atomic mass is 32.1. The lowest BCUT2D eigenvalue weighted by atomic mass is 10.1. The van der Waals surface area contributed by atoms with Gasteiger partial charge in [0, 0.05) is 11.3 Å². The van der Waals surface area contributed by atoms with Crippen molar-refractivity contribution in [2.45, 2.75) is 6.92 Å². The first-order valence-corrected chi connectivity index (χ1v) is 8.79. The van der Waals surface area contributed by atoms with Gasteiger partial charge in [0.05, 0.1) is 16.1 Å². The highest BCUT2D eigenvalue weighted by Gasteiger charge is 2.15. The Hall–Kier alpha value is -3.25. The molecular weight excluding hydrogens is 348 g/mol. The Balaban J connectivity index is 1.77. The standard InChI is InChI=1S/C20H16N2O3S/c1-13(23)14-8-10-15(11-9-14)21-19(24)16-5-2-3-6-17(16)22-20(25)18-7-4-12-26-18/h2-12H,1H3,(H,21,24)(H,22,25). The van der Waals surface area contributed by atoms with E-state index >= 15 is 0 Å². The molecule has 0 aliphatic carbocycles. The van der Waals surface area contributed by atoms with Crippen LogP contribution in [0.1, 0.15) is 37.3 Å². The minimum atomic E-state index is -0.345. The van der Waals surface area contributed by atoms with Crippen molar-refractivity contribution in [3.8, 4) is 0 Å². The minimum Gasteiger partial charge on any atom is -0.322 e. The zero-order chi connectivity index (χ0) is 18.5. The highest BCUT2D eigenvalue weighted by Crippen LogP contribution is 2.20. The van der Waals surface area contributed by atoms with E-state index in [0.717, 1.165) is 0 Å². The number of hydrogen-bond acceptors (Lipinski definition) is 4. The van der Waals surface area contributed by atoms with Crippen LogP contribution in [-0.4, -0.2) is 17.6 Å². The number of benzene rings is 2. The van der Waals surface area contributed by atoms with Gasteiger partial charge in [0.25, 0.3) is 11.8 Å². The quantitative estimate of drug-likeness (QED) is 0.657. The molecule has 1 aromatic heterocycles. The SMILES string of the molecule is CC(=O)c1ccc(NC(=O)c2ccccc2NC(=O)c2cccs2)cc1. The summed E-state index contributed by atoms with van der Waals surface area (Å²) in [5.74, 6) is -0.641. The lowest BCUT2D eigenvalue weighted by Gasteiger charge is -2.11. The molecule has 0 aliphatic heterocycles. The summed E-state index contributed by atoms with van der Waals surface area (Å²) in [4.78, 5) is 36.7. The second kappa shape index (κ2) is 7.76. The van der Waals surface area contributed by atoms with Gasteiger partial charge in [-0.1, -0.05) is 18.2 Å². The third-order valence-electron chi connectivity index (χ3n) is 3.71. The number of hydrogen-bond donors (Lipinski definition) is 2. The van der Waals surface area contributed by atoms with Gasteiger partial charge in [0.15, 0.2) is 5.78 Å². The van der Waals surface area contributed by atoms with E-state index in [-0.39, 0.29) is 17.6 Å². The Morgan fingerprint density at radius 3 is 2.19 bits per heavy atom. The van der Waals surface area contributed by atoms with E-state index in [9.17, 15) is 14.4 Å². The third kappa shape index (κ3) is 4.04. The largest absolute Gasteiger partial charge is 0.322 e. The van der Waals surface area contributed by atoms with Crippen molar-refractivity contribution in [3.05, 3.63) is 82.0 Å². The number of anilines is 2. The topological polar surface area (TPSA) is 75.3 Å². The Labute approximate surface area is 154 Å². The molecule has 2 amide bonds. The predicted octanol–water partition coefficient (Wildman–Crippen LogP) is 4.46. The average molecular weight is 364 g/mol. The summed E-state index contributed by atoms with van der Waals surface area (Å²) in [7, 11) is 0. The van der Waals surface area contributed by atoms with Crippen molar-refractivity contribution in [3.63, 3.8) is 0 Å². The summed E-state index contributed by atoms with van der Waals surface area (Å²) < 4.78 is 0. The molecule has 26 heavy (non-hydrogen) atoms. The van der Waals surface area contributed by atoms with Crippen LogP contribution in [0, 0.1) is 0 Å². The number of carbonyl (C=O) groups is 3. The highest BCUT2D eigenvalue weighted by molar-refractivity contribution is 7.12. The minimum absolute atomic E-state index is 0.0375. The number of thiophene rings is 1. The van der Waals surface area contributed by atoms with Crippen molar-refractivity contribution >= 4 is 40.3 Å². The summed E-state index contributed by atoms with van der Waals surface area (Å²) in [6, 6.07) is 17.0. The van der Waals surface area contributed by atoms with Crippen LogP contribution in [0.5, 0.6) is 0 Å². The Morgan fingerprint density at radius 1 is 0.808 bits per heavy atom. The molecule has 0 unspecified atom stereocenters. The number of para-hydroxylation sites is 1. The molecule has 6 heteroatoms. The van der Waals surface area contributed by atoms with Gasteiger partial charge in [0.1, 0.15) is 0 Å². The van der Waals surface area contributed by atoms with E-state index in [4.69, 9.17) is 0 Å². The van der Waals surface area contributed by atoms with Crippen LogP contribution in [0.2, 0.25) is 0 Å². The summed E-state index contributed by atoms with van der Waals surface area (Å²) >= 11 is 1.33. The van der Waals surface area contributed by atoms with Crippen LogP contribution in [0.15, 0.2) is 66.0 Å². The third-order valence-corrected chi connectivity index (χ3v) is 4.58. The van der Waals surface area contributed by atoms with Crippen molar-refractivity contribution < 1.29 is 14.4 Å². The summed E-state index contributed by atoms with van der Waals surface area (Å²) in [5.41, 5.74) is 1.93. The molecule has 2 N–H and O–H groups in total. The molecular formula is C20H16N2O3S. The normalized spacial score (nSPS) is 10.2. The summed E-state index contributed by atoms with van der Waals surface area (Å²) in [5, 5.41) is 7.36. The average Bonchev–Trinajstić information content (AvgIpc) is 3.17. The Kier molecular flexibility index (Phi) is 5.24. The van der Waals surface area contributed by atoms with Crippen LogP contribution in [0.4, 0.5) is 11.4 Å². The Bertz CT molecular complexity index is 947. The molecule has 3 aromatic rings. The predicted molar refractivity (Wildman–Crippen MR) is 103 cm³/mol. The van der Waals surface area contributed by atoms with E-state index in [1.165, 1.54) is 18.3 Å². The van der Waals surface area contributed by atoms with Gasteiger partial charge in [-0.05, 0) is 54.8 Å². The molecule has 0 atom stereocenters. The monoisotopic (exact) mass is 364 g/mol. The van der Waals surface area contributed by atoms with Gasteiger partial charge in [0.2, 0.25) is 0 Å². The molecule has 0 aliphatic rings. The molecule has 0 saturated heterocycles. The number of ketones is 1. The van der Waals surface area contributed by atoms with Crippen LogP contribution in [-0.2, 0) is 0 Å². The second-order valence-corrected chi connectivity index (χ2v) is 6.51. The van der Waals surface area contributed by atoms with Crippen molar-refractivity contribution in [2.75, 3.05) is 10.6 Å². The molecule has 0 spiro atoms. The fourth-order valence-corrected chi connectivity index (χ4v) is 2.99. The molecule has 2 aromatic carbocycles. The molecule has 5 nitrogen and oxygen atoms in total. The fraction of sp³-hybridized carbons (Fsp3) is 0.0500. The zero-order valence-corrected chi connectivity index (χ0v) is 14.8. The van der Waals surface area contributed by atoms with Crippen molar-refractivity contribution in [2.24, 2.45) is 0 Å². The van der Waals surface area contributed by atoms with E-state index < -0.39 is 0 Å². The maximum Gasteiger partial charge on any atom is 0.265 e. The molecule has 0 bridgehead atoms. The molecule has 0 saturated carbocycles.